The van der Waals surface area contributed by atoms with E-state index in [4.69, 9.17) is 0 Å². The van der Waals surface area contributed by atoms with E-state index in [0.29, 0.717) is 15.9 Å². The van der Waals surface area contributed by atoms with Crippen molar-refractivity contribution in [3.8, 4) is 0 Å². The Hall–Kier alpha value is -1.69. The van der Waals surface area contributed by atoms with Gasteiger partial charge in [-0.1, -0.05) is 0 Å². The largest absolute Gasteiger partial charge is 0.321 e. The average molecular weight is 298 g/mol. The van der Waals surface area contributed by atoms with Crippen LogP contribution in [0.15, 0.2) is 34.9 Å². The fraction of sp³-hybridized carbons (Fsp3) is 0.0909. The van der Waals surface area contributed by atoms with E-state index in [-0.39, 0.29) is 11.7 Å². The zero-order valence-electron chi connectivity index (χ0n) is 8.95. The zero-order chi connectivity index (χ0) is 12.4. The molecule has 0 saturated carbocycles. The van der Waals surface area contributed by atoms with Crippen LogP contribution in [0.2, 0.25) is 0 Å². The number of hydrogen-bond acceptors (Lipinski definition) is 2. The van der Waals surface area contributed by atoms with Gasteiger partial charge in [-0.25, -0.2) is 4.39 Å². The summed E-state index contributed by atoms with van der Waals surface area (Å²) in [4.78, 5) is 11.7. The molecule has 0 unspecified atom stereocenters. The van der Waals surface area contributed by atoms with Gasteiger partial charge in [-0.05, 0) is 40.2 Å². The lowest BCUT2D eigenvalue weighted by atomic mass is 10.3. The van der Waals surface area contributed by atoms with Gasteiger partial charge in [0.25, 0.3) is 5.91 Å². The van der Waals surface area contributed by atoms with E-state index in [2.05, 4.69) is 26.3 Å². The number of nitrogens with one attached hydrogen (secondary N) is 1. The Labute approximate surface area is 106 Å². The van der Waals surface area contributed by atoms with Gasteiger partial charge in [0.15, 0.2) is 5.69 Å². The number of carbonyl (C=O) groups excluding carboxylic acids is 1. The van der Waals surface area contributed by atoms with Gasteiger partial charge >= 0.3 is 0 Å². The maximum absolute atomic E-state index is 13.0. The Morgan fingerprint density at radius 2 is 2.24 bits per heavy atom. The Kier molecular flexibility index (Phi) is 3.23. The first kappa shape index (κ1) is 11.8. The smallest absolute Gasteiger partial charge is 0.276 e. The standard InChI is InChI=1S/C11H9BrFN3O/c1-16-5-4-10(15-16)11(17)14-7-2-3-9(13)8(12)6-7/h2-6H,1H3,(H,14,17). The van der Waals surface area contributed by atoms with Crippen LogP contribution in [0.1, 0.15) is 10.5 Å². The molecule has 2 rings (SSSR count). The van der Waals surface area contributed by atoms with Crippen molar-refractivity contribution in [1.29, 1.82) is 0 Å². The van der Waals surface area contributed by atoms with Gasteiger partial charge in [-0.3, -0.25) is 9.48 Å². The minimum atomic E-state index is -0.374. The topological polar surface area (TPSA) is 46.9 Å². The summed E-state index contributed by atoms with van der Waals surface area (Å²) in [5, 5.41) is 6.59. The number of carbonyl (C=O) groups is 1. The predicted octanol–water partition coefficient (Wildman–Crippen LogP) is 2.57. The van der Waals surface area contributed by atoms with Gasteiger partial charge in [0, 0.05) is 18.9 Å². The highest BCUT2D eigenvalue weighted by Gasteiger charge is 2.09. The number of anilines is 1. The molecule has 0 radical (unpaired) electrons. The lowest BCUT2D eigenvalue weighted by molar-refractivity contribution is 0.102. The highest BCUT2D eigenvalue weighted by molar-refractivity contribution is 9.10. The molecule has 0 atom stereocenters. The van der Waals surface area contributed by atoms with Crippen LogP contribution in [0.5, 0.6) is 0 Å². The quantitative estimate of drug-likeness (QED) is 0.926. The van der Waals surface area contributed by atoms with Crippen LogP contribution >= 0.6 is 15.9 Å². The van der Waals surface area contributed by atoms with E-state index in [1.165, 1.54) is 22.9 Å². The van der Waals surface area contributed by atoms with Crippen molar-refractivity contribution in [2.45, 2.75) is 0 Å². The van der Waals surface area contributed by atoms with Gasteiger partial charge in [0.1, 0.15) is 5.82 Å². The molecule has 6 heteroatoms. The second-order valence-electron chi connectivity index (χ2n) is 3.46. The van der Waals surface area contributed by atoms with Crippen LogP contribution in [-0.2, 0) is 7.05 Å². The third kappa shape index (κ3) is 2.71. The molecule has 4 nitrogen and oxygen atoms in total. The molecule has 0 bridgehead atoms. The molecule has 0 spiro atoms. The van der Waals surface area contributed by atoms with E-state index in [1.807, 2.05) is 0 Å². The van der Waals surface area contributed by atoms with Gasteiger partial charge in [0.05, 0.1) is 4.47 Å². The summed E-state index contributed by atoms with van der Waals surface area (Å²) in [6.45, 7) is 0. The predicted molar refractivity (Wildman–Crippen MR) is 65.3 cm³/mol. The molecular formula is C11H9BrFN3O. The highest BCUT2D eigenvalue weighted by Crippen LogP contribution is 2.20. The molecule has 0 aliphatic heterocycles. The van der Waals surface area contributed by atoms with Crippen molar-refractivity contribution in [3.05, 3.63) is 46.4 Å². The Morgan fingerprint density at radius 3 is 2.82 bits per heavy atom. The summed E-state index contributed by atoms with van der Waals surface area (Å²) in [5.41, 5.74) is 0.821. The number of hydrogen-bond donors (Lipinski definition) is 1. The normalized spacial score (nSPS) is 10.3. The fourth-order valence-electron chi connectivity index (χ4n) is 1.31. The third-order valence-corrected chi connectivity index (χ3v) is 2.73. The van der Waals surface area contributed by atoms with Crippen molar-refractivity contribution >= 4 is 27.5 Å². The van der Waals surface area contributed by atoms with Gasteiger partial charge < -0.3 is 5.32 Å². The third-order valence-electron chi connectivity index (χ3n) is 2.12. The molecule has 1 heterocycles. The number of halogens is 2. The molecule has 0 saturated heterocycles. The number of aryl methyl sites for hydroxylation is 1. The van der Waals surface area contributed by atoms with Crippen LogP contribution < -0.4 is 5.32 Å². The van der Waals surface area contributed by atoms with E-state index in [1.54, 1.807) is 19.3 Å². The van der Waals surface area contributed by atoms with E-state index in [0.717, 1.165) is 0 Å². The van der Waals surface area contributed by atoms with Gasteiger partial charge in [0.2, 0.25) is 0 Å². The molecule has 2 aromatic rings. The van der Waals surface area contributed by atoms with Crippen LogP contribution in [0.4, 0.5) is 10.1 Å². The van der Waals surface area contributed by atoms with Crippen molar-refractivity contribution in [3.63, 3.8) is 0 Å². The molecule has 0 fully saturated rings. The Balaban J connectivity index is 2.15. The first-order valence-corrected chi connectivity index (χ1v) is 5.61. The maximum Gasteiger partial charge on any atom is 0.276 e. The SMILES string of the molecule is Cn1ccc(C(=O)Nc2ccc(F)c(Br)c2)n1. The van der Waals surface area contributed by atoms with E-state index < -0.39 is 0 Å². The average Bonchev–Trinajstić information content (AvgIpc) is 2.70. The monoisotopic (exact) mass is 297 g/mol. The molecule has 1 amide bonds. The summed E-state index contributed by atoms with van der Waals surface area (Å²) >= 11 is 3.05. The summed E-state index contributed by atoms with van der Waals surface area (Å²) in [6, 6.07) is 5.86. The highest BCUT2D eigenvalue weighted by atomic mass is 79.9. The lowest BCUT2D eigenvalue weighted by Crippen LogP contribution is -2.13. The molecule has 17 heavy (non-hydrogen) atoms. The molecule has 1 N–H and O–H groups in total. The number of benzene rings is 1. The second-order valence-corrected chi connectivity index (χ2v) is 4.31. The first-order valence-electron chi connectivity index (χ1n) is 4.82. The maximum atomic E-state index is 13.0. The van der Waals surface area contributed by atoms with Crippen LogP contribution in [0.3, 0.4) is 0 Å². The van der Waals surface area contributed by atoms with Crippen LogP contribution in [0, 0.1) is 5.82 Å². The summed E-state index contributed by atoms with van der Waals surface area (Å²) in [6.07, 6.45) is 1.68. The summed E-state index contributed by atoms with van der Waals surface area (Å²) in [5.74, 6) is -0.704. The van der Waals surface area contributed by atoms with Crippen LogP contribution in [0.25, 0.3) is 0 Å². The molecular weight excluding hydrogens is 289 g/mol. The Bertz CT molecular complexity index is 568. The fourth-order valence-corrected chi connectivity index (χ4v) is 1.68. The number of rotatable bonds is 2. The van der Waals surface area contributed by atoms with Crippen molar-refractivity contribution in [1.82, 2.24) is 9.78 Å². The number of amides is 1. The van der Waals surface area contributed by atoms with E-state index in [9.17, 15) is 9.18 Å². The van der Waals surface area contributed by atoms with E-state index >= 15 is 0 Å². The lowest BCUT2D eigenvalue weighted by Gasteiger charge is -2.04. The second kappa shape index (κ2) is 4.67. The number of nitrogens with zero attached hydrogens (tertiary/aromatic N) is 2. The van der Waals surface area contributed by atoms with Gasteiger partial charge in [-0.2, -0.15) is 5.10 Å². The summed E-state index contributed by atoms with van der Waals surface area (Å²) in [7, 11) is 1.73. The minimum Gasteiger partial charge on any atom is -0.321 e. The van der Waals surface area contributed by atoms with Gasteiger partial charge in [-0.15, -0.1) is 0 Å². The zero-order valence-corrected chi connectivity index (χ0v) is 10.5. The first-order chi connectivity index (χ1) is 8.06. The number of aromatic nitrogens is 2. The van der Waals surface area contributed by atoms with Crippen LogP contribution in [-0.4, -0.2) is 15.7 Å². The van der Waals surface area contributed by atoms with Crippen molar-refractivity contribution < 1.29 is 9.18 Å². The molecule has 0 aliphatic carbocycles. The van der Waals surface area contributed by atoms with Crippen molar-refractivity contribution in [2.24, 2.45) is 7.05 Å². The minimum absolute atomic E-state index is 0.302. The molecule has 0 aliphatic rings. The Morgan fingerprint density at radius 1 is 1.47 bits per heavy atom. The summed E-state index contributed by atoms with van der Waals surface area (Å²) < 4.78 is 14.8. The molecule has 1 aromatic carbocycles. The van der Waals surface area contributed by atoms with Crippen molar-refractivity contribution in [2.75, 3.05) is 5.32 Å². The molecule has 1 aromatic heterocycles. The molecule has 88 valence electrons.